The van der Waals surface area contributed by atoms with E-state index in [0.717, 1.165) is 38.9 Å². The van der Waals surface area contributed by atoms with Gasteiger partial charge in [-0.15, -0.1) is 0 Å². The third kappa shape index (κ3) is 7.62. The maximum Gasteiger partial charge on any atom is 0.219 e. The minimum Gasteiger partial charge on any atom is -0.356 e. The van der Waals surface area contributed by atoms with Crippen LogP contribution >= 0.6 is 0 Å². The fraction of sp³-hybridized carbons (Fsp3) is 0.562. The molecule has 1 amide bonds. The van der Waals surface area contributed by atoms with E-state index in [1.165, 1.54) is 5.56 Å². The Morgan fingerprint density at radius 2 is 1.95 bits per heavy atom. The summed E-state index contributed by atoms with van der Waals surface area (Å²) in [6, 6.07) is 10.5. The summed E-state index contributed by atoms with van der Waals surface area (Å²) < 4.78 is 0. The molecule has 0 saturated heterocycles. The molecule has 0 bridgehead atoms. The van der Waals surface area contributed by atoms with Crippen LogP contribution < -0.4 is 5.32 Å². The quantitative estimate of drug-likeness (QED) is 0.694. The molecular weight excluding hydrogens is 236 g/mol. The van der Waals surface area contributed by atoms with Crippen molar-refractivity contribution in [2.24, 2.45) is 0 Å². The van der Waals surface area contributed by atoms with Crippen LogP contribution in [0.15, 0.2) is 30.3 Å². The van der Waals surface area contributed by atoms with Crippen molar-refractivity contribution in [2.45, 2.75) is 39.2 Å². The molecule has 19 heavy (non-hydrogen) atoms. The lowest BCUT2D eigenvalue weighted by atomic mass is 10.2. The molecule has 0 aliphatic heterocycles. The van der Waals surface area contributed by atoms with Gasteiger partial charge < -0.3 is 10.2 Å². The number of carbonyl (C=O) groups is 1. The summed E-state index contributed by atoms with van der Waals surface area (Å²) in [5, 5.41) is 2.97. The molecule has 0 aromatic heterocycles. The summed E-state index contributed by atoms with van der Waals surface area (Å²) >= 11 is 0. The molecule has 1 rings (SSSR count). The highest BCUT2D eigenvalue weighted by molar-refractivity contribution is 5.75. The zero-order valence-corrected chi connectivity index (χ0v) is 12.2. The normalized spacial score (nSPS) is 10.7. The van der Waals surface area contributed by atoms with E-state index in [2.05, 4.69) is 48.5 Å². The van der Waals surface area contributed by atoms with Gasteiger partial charge in [-0.3, -0.25) is 4.79 Å². The van der Waals surface area contributed by atoms with Gasteiger partial charge in [-0.05, 0) is 32.0 Å². The van der Waals surface area contributed by atoms with Crippen molar-refractivity contribution in [3.63, 3.8) is 0 Å². The topological polar surface area (TPSA) is 32.3 Å². The molecule has 0 heterocycles. The molecule has 1 aromatic rings. The first-order chi connectivity index (χ1) is 9.22. The summed E-state index contributed by atoms with van der Waals surface area (Å²) in [6.45, 7) is 4.85. The number of hydrogen-bond donors (Lipinski definition) is 1. The molecule has 1 aromatic carbocycles. The van der Waals surface area contributed by atoms with Crippen LogP contribution in [0.3, 0.4) is 0 Å². The van der Waals surface area contributed by atoms with Gasteiger partial charge in [0.2, 0.25) is 5.91 Å². The van der Waals surface area contributed by atoms with Gasteiger partial charge in [0.05, 0.1) is 0 Å². The Kier molecular flexibility index (Phi) is 7.91. The van der Waals surface area contributed by atoms with Gasteiger partial charge in [0, 0.05) is 19.5 Å². The standard InChI is InChI=1S/C16H26N2O/c1-3-4-11-16(19)17-12-8-13-18(2)14-15-9-6-5-7-10-15/h5-7,9-10H,3-4,8,11-14H2,1-2H3,(H,17,19). The van der Waals surface area contributed by atoms with Crippen molar-refractivity contribution in [1.82, 2.24) is 10.2 Å². The van der Waals surface area contributed by atoms with E-state index in [1.54, 1.807) is 0 Å². The monoisotopic (exact) mass is 262 g/mol. The molecule has 0 spiro atoms. The lowest BCUT2D eigenvalue weighted by molar-refractivity contribution is -0.121. The highest BCUT2D eigenvalue weighted by atomic mass is 16.1. The van der Waals surface area contributed by atoms with Gasteiger partial charge in [-0.1, -0.05) is 43.7 Å². The van der Waals surface area contributed by atoms with E-state index in [0.29, 0.717) is 6.42 Å². The average molecular weight is 262 g/mol. The van der Waals surface area contributed by atoms with Crippen LogP contribution in [0.5, 0.6) is 0 Å². The number of benzene rings is 1. The molecule has 0 saturated carbocycles. The first-order valence-corrected chi connectivity index (χ1v) is 7.21. The molecule has 0 atom stereocenters. The van der Waals surface area contributed by atoms with Gasteiger partial charge in [-0.25, -0.2) is 0 Å². The minimum atomic E-state index is 0.188. The van der Waals surface area contributed by atoms with Crippen LogP contribution in [0.4, 0.5) is 0 Å². The van der Waals surface area contributed by atoms with Crippen molar-refractivity contribution in [2.75, 3.05) is 20.1 Å². The molecule has 3 heteroatoms. The van der Waals surface area contributed by atoms with E-state index < -0.39 is 0 Å². The van der Waals surface area contributed by atoms with Gasteiger partial charge >= 0.3 is 0 Å². The van der Waals surface area contributed by atoms with Gasteiger partial charge in [-0.2, -0.15) is 0 Å². The van der Waals surface area contributed by atoms with Crippen molar-refractivity contribution in [3.8, 4) is 0 Å². The van der Waals surface area contributed by atoms with Gasteiger partial charge in [0.25, 0.3) is 0 Å². The molecule has 0 fully saturated rings. The van der Waals surface area contributed by atoms with Crippen molar-refractivity contribution in [1.29, 1.82) is 0 Å². The van der Waals surface area contributed by atoms with Crippen LogP contribution in [0.1, 0.15) is 38.2 Å². The van der Waals surface area contributed by atoms with Gasteiger partial charge in [0.1, 0.15) is 0 Å². The summed E-state index contributed by atoms with van der Waals surface area (Å²) in [5.41, 5.74) is 1.33. The zero-order valence-electron chi connectivity index (χ0n) is 12.2. The fourth-order valence-corrected chi connectivity index (χ4v) is 1.98. The number of hydrogen-bond acceptors (Lipinski definition) is 2. The molecular formula is C16H26N2O. The molecule has 0 aliphatic carbocycles. The maximum atomic E-state index is 11.4. The highest BCUT2D eigenvalue weighted by Crippen LogP contribution is 2.02. The summed E-state index contributed by atoms with van der Waals surface area (Å²) in [4.78, 5) is 13.7. The van der Waals surface area contributed by atoms with Crippen LogP contribution in [0.25, 0.3) is 0 Å². The number of unbranched alkanes of at least 4 members (excludes halogenated alkanes) is 1. The predicted octanol–water partition coefficient (Wildman–Crippen LogP) is 2.81. The molecule has 3 nitrogen and oxygen atoms in total. The predicted molar refractivity (Wildman–Crippen MR) is 79.9 cm³/mol. The zero-order chi connectivity index (χ0) is 13.9. The molecule has 106 valence electrons. The van der Waals surface area contributed by atoms with Crippen LogP contribution in [0.2, 0.25) is 0 Å². The number of rotatable bonds is 9. The second-order valence-electron chi connectivity index (χ2n) is 5.03. The maximum absolute atomic E-state index is 11.4. The number of carbonyl (C=O) groups excluding carboxylic acids is 1. The van der Waals surface area contributed by atoms with Crippen LogP contribution in [-0.4, -0.2) is 30.9 Å². The average Bonchev–Trinajstić information content (AvgIpc) is 2.42. The lowest BCUT2D eigenvalue weighted by Crippen LogP contribution is -2.27. The van der Waals surface area contributed by atoms with Crippen LogP contribution in [-0.2, 0) is 11.3 Å². The number of amides is 1. The Morgan fingerprint density at radius 3 is 2.63 bits per heavy atom. The first-order valence-electron chi connectivity index (χ1n) is 7.21. The number of nitrogens with one attached hydrogen (secondary N) is 1. The second kappa shape index (κ2) is 9.56. The van der Waals surface area contributed by atoms with Crippen molar-refractivity contribution >= 4 is 5.91 Å². The smallest absolute Gasteiger partial charge is 0.219 e. The Morgan fingerprint density at radius 1 is 1.21 bits per heavy atom. The highest BCUT2D eigenvalue weighted by Gasteiger charge is 2.01. The summed E-state index contributed by atoms with van der Waals surface area (Å²) in [5.74, 6) is 0.188. The van der Waals surface area contributed by atoms with Gasteiger partial charge in [0.15, 0.2) is 0 Å². The third-order valence-electron chi connectivity index (χ3n) is 3.09. The van der Waals surface area contributed by atoms with E-state index in [9.17, 15) is 4.79 Å². The number of nitrogens with zero attached hydrogens (tertiary/aromatic N) is 1. The van der Waals surface area contributed by atoms with E-state index in [1.807, 2.05) is 6.07 Å². The van der Waals surface area contributed by atoms with E-state index >= 15 is 0 Å². The second-order valence-corrected chi connectivity index (χ2v) is 5.03. The van der Waals surface area contributed by atoms with Crippen LogP contribution in [0, 0.1) is 0 Å². The van der Waals surface area contributed by atoms with Crippen molar-refractivity contribution < 1.29 is 4.79 Å². The Hall–Kier alpha value is -1.35. The largest absolute Gasteiger partial charge is 0.356 e. The lowest BCUT2D eigenvalue weighted by Gasteiger charge is -2.16. The Labute approximate surface area is 117 Å². The minimum absolute atomic E-state index is 0.188. The molecule has 0 unspecified atom stereocenters. The Bertz CT molecular complexity index is 351. The molecule has 1 N–H and O–H groups in total. The Balaban J connectivity index is 2.07. The third-order valence-corrected chi connectivity index (χ3v) is 3.09. The molecule has 0 radical (unpaired) electrons. The first kappa shape index (κ1) is 15.7. The van der Waals surface area contributed by atoms with E-state index in [4.69, 9.17) is 0 Å². The molecule has 0 aliphatic rings. The van der Waals surface area contributed by atoms with Crippen molar-refractivity contribution in [3.05, 3.63) is 35.9 Å². The van der Waals surface area contributed by atoms with E-state index in [-0.39, 0.29) is 5.91 Å². The fourth-order valence-electron chi connectivity index (χ4n) is 1.98. The summed E-state index contributed by atoms with van der Waals surface area (Å²) in [6.07, 6.45) is 3.73. The summed E-state index contributed by atoms with van der Waals surface area (Å²) in [7, 11) is 2.12. The SMILES string of the molecule is CCCCC(=O)NCCCN(C)Cc1ccccc1.